The van der Waals surface area contributed by atoms with Crippen molar-refractivity contribution in [3.8, 4) is 0 Å². The van der Waals surface area contributed by atoms with Gasteiger partial charge in [0.05, 0.1) is 0 Å². The van der Waals surface area contributed by atoms with Gasteiger partial charge >= 0.3 is 6.18 Å². The van der Waals surface area contributed by atoms with Crippen molar-refractivity contribution in [2.24, 2.45) is 11.7 Å². The van der Waals surface area contributed by atoms with Crippen LogP contribution in [0, 0.1) is 5.92 Å². The smallest absolute Gasteiger partial charge is 0.337 e. The Kier molecular flexibility index (Phi) is 5.44. The van der Waals surface area contributed by atoms with E-state index in [0.717, 1.165) is 30.6 Å². The molecule has 0 aromatic heterocycles. The summed E-state index contributed by atoms with van der Waals surface area (Å²) in [5.41, 5.74) is 5.77. The average molecular weight is 266 g/mol. The molecule has 0 spiro atoms. The fourth-order valence-electron chi connectivity index (χ4n) is 2.35. The molecule has 1 rings (SSSR count). The highest BCUT2D eigenvalue weighted by atomic mass is 19.4. The minimum absolute atomic E-state index is 0.201. The minimum Gasteiger partial charge on any atom is -0.337 e. The van der Waals surface area contributed by atoms with Crippen molar-refractivity contribution in [1.29, 1.82) is 0 Å². The molecule has 0 aromatic carbocycles. The number of hydrogen-bond acceptors (Lipinski definition) is 2. The van der Waals surface area contributed by atoms with Crippen LogP contribution in [0.15, 0.2) is 0 Å². The maximum Gasteiger partial charge on any atom is 0.406 e. The minimum atomic E-state index is -4.32. The first kappa shape index (κ1) is 15.3. The Morgan fingerprint density at radius 1 is 1.28 bits per heavy atom. The van der Waals surface area contributed by atoms with Gasteiger partial charge in [-0.3, -0.25) is 4.79 Å². The van der Waals surface area contributed by atoms with Crippen molar-refractivity contribution in [3.63, 3.8) is 0 Å². The average Bonchev–Trinajstić information content (AvgIpc) is 2.25. The van der Waals surface area contributed by atoms with Crippen LogP contribution in [-0.4, -0.2) is 36.6 Å². The molecule has 1 aliphatic rings. The first-order valence-corrected chi connectivity index (χ1v) is 6.34. The third kappa shape index (κ3) is 5.71. The van der Waals surface area contributed by atoms with Gasteiger partial charge in [0, 0.05) is 19.5 Å². The van der Waals surface area contributed by atoms with Gasteiger partial charge in [0.15, 0.2) is 0 Å². The zero-order valence-electron chi connectivity index (χ0n) is 10.7. The maximum atomic E-state index is 12.1. The molecular weight excluding hydrogens is 245 g/mol. The van der Waals surface area contributed by atoms with Crippen molar-refractivity contribution < 1.29 is 18.0 Å². The Morgan fingerprint density at radius 3 is 2.33 bits per heavy atom. The number of carbonyl (C=O) groups is 1. The molecule has 1 aliphatic carbocycles. The van der Waals surface area contributed by atoms with E-state index in [9.17, 15) is 18.0 Å². The van der Waals surface area contributed by atoms with Crippen molar-refractivity contribution >= 4 is 5.91 Å². The fourth-order valence-corrected chi connectivity index (χ4v) is 2.35. The van der Waals surface area contributed by atoms with Crippen LogP contribution in [-0.2, 0) is 4.79 Å². The van der Waals surface area contributed by atoms with E-state index in [2.05, 4.69) is 0 Å². The van der Waals surface area contributed by atoms with E-state index >= 15 is 0 Å². The van der Waals surface area contributed by atoms with E-state index in [1.807, 2.05) is 0 Å². The molecule has 0 saturated heterocycles. The predicted octanol–water partition coefficient (Wildman–Crippen LogP) is 2.30. The number of carbonyl (C=O) groups excluding carboxylic acids is 1. The molecule has 0 unspecified atom stereocenters. The normalized spacial score (nSPS) is 24.9. The van der Waals surface area contributed by atoms with Gasteiger partial charge < -0.3 is 10.6 Å². The summed E-state index contributed by atoms with van der Waals surface area (Å²) >= 11 is 0. The van der Waals surface area contributed by atoms with Crippen LogP contribution in [0.4, 0.5) is 13.2 Å². The number of nitrogens with zero attached hydrogens (tertiary/aromatic N) is 1. The second kappa shape index (κ2) is 6.41. The lowest BCUT2D eigenvalue weighted by Crippen LogP contribution is -2.36. The van der Waals surface area contributed by atoms with Gasteiger partial charge in [-0.25, -0.2) is 0 Å². The summed E-state index contributed by atoms with van der Waals surface area (Å²) < 4.78 is 36.3. The van der Waals surface area contributed by atoms with E-state index in [1.54, 1.807) is 0 Å². The molecule has 0 aromatic rings. The van der Waals surface area contributed by atoms with Crippen LogP contribution in [0.1, 0.15) is 38.5 Å². The van der Waals surface area contributed by atoms with E-state index in [1.165, 1.54) is 7.05 Å². The molecule has 0 heterocycles. The van der Waals surface area contributed by atoms with Crippen molar-refractivity contribution in [2.75, 3.05) is 13.6 Å². The lowest BCUT2D eigenvalue weighted by atomic mass is 9.84. The highest BCUT2D eigenvalue weighted by Crippen LogP contribution is 2.27. The molecule has 2 N–H and O–H groups in total. The second-order valence-corrected chi connectivity index (χ2v) is 5.18. The van der Waals surface area contributed by atoms with Gasteiger partial charge in [-0.2, -0.15) is 13.2 Å². The molecule has 1 saturated carbocycles. The molecule has 1 amide bonds. The van der Waals surface area contributed by atoms with Crippen LogP contribution in [0.3, 0.4) is 0 Å². The van der Waals surface area contributed by atoms with Crippen molar-refractivity contribution in [3.05, 3.63) is 0 Å². The number of hydrogen-bond donors (Lipinski definition) is 1. The number of halogens is 3. The SMILES string of the molecule is CN(CC(F)(F)F)C(=O)CCC1CCC(N)CC1. The van der Waals surface area contributed by atoms with E-state index in [0.29, 0.717) is 12.3 Å². The van der Waals surface area contributed by atoms with Gasteiger partial charge in [0.1, 0.15) is 6.54 Å². The van der Waals surface area contributed by atoms with E-state index in [-0.39, 0.29) is 12.5 Å². The second-order valence-electron chi connectivity index (χ2n) is 5.18. The highest BCUT2D eigenvalue weighted by Gasteiger charge is 2.31. The maximum absolute atomic E-state index is 12.1. The lowest BCUT2D eigenvalue weighted by Gasteiger charge is -2.26. The van der Waals surface area contributed by atoms with Gasteiger partial charge in [0.2, 0.25) is 5.91 Å². The Labute approximate surface area is 106 Å². The molecule has 1 fully saturated rings. The molecular formula is C12H21F3N2O. The third-order valence-corrected chi connectivity index (χ3v) is 3.50. The third-order valence-electron chi connectivity index (χ3n) is 3.50. The number of alkyl halides is 3. The summed E-state index contributed by atoms with van der Waals surface area (Å²) in [5.74, 6) is 0.00948. The van der Waals surface area contributed by atoms with Crippen LogP contribution in [0.25, 0.3) is 0 Å². The molecule has 0 aliphatic heterocycles. The quantitative estimate of drug-likeness (QED) is 0.848. The van der Waals surface area contributed by atoms with Crippen LogP contribution >= 0.6 is 0 Å². The Balaban J connectivity index is 2.24. The molecule has 6 heteroatoms. The molecule has 0 bridgehead atoms. The summed E-state index contributed by atoms with van der Waals surface area (Å²) in [7, 11) is 1.20. The topological polar surface area (TPSA) is 46.3 Å². The molecule has 3 nitrogen and oxygen atoms in total. The predicted molar refractivity (Wildman–Crippen MR) is 62.9 cm³/mol. The van der Waals surface area contributed by atoms with Crippen LogP contribution in [0.5, 0.6) is 0 Å². The summed E-state index contributed by atoms with van der Waals surface area (Å²) in [6.45, 7) is -1.17. The number of nitrogens with two attached hydrogens (primary N) is 1. The van der Waals surface area contributed by atoms with Gasteiger partial charge in [-0.1, -0.05) is 0 Å². The first-order chi connectivity index (χ1) is 8.28. The van der Waals surface area contributed by atoms with Crippen LogP contribution < -0.4 is 5.73 Å². The van der Waals surface area contributed by atoms with E-state index < -0.39 is 18.6 Å². The van der Waals surface area contributed by atoms with Gasteiger partial charge in [0.25, 0.3) is 0 Å². The Bertz CT molecular complexity index is 273. The van der Waals surface area contributed by atoms with Crippen LogP contribution in [0.2, 0.25) is 0 Å². The number of rotatable bonds is 4. The first-order valence-electron chi connectivity index (χ1n) is 6.34. The monoisotopic (exact) mass is 266 g/mol. The lowest BCUT2D eigenvalue weighted by molar-refractivity contribution is -0.158. The summed E-state index contributed by atoms with van der Waals surface area (Å²) in [5, 5.41) is 0. The zero-order chi connectivity index (χ0) is 13.8. The van der Waals surface area contributed by atoms with Gasteiger partial charge in [-0.05, 0) is 38.0 Å². The Hall–Kier alpha value is -0.780. The number of amides is 1. The Morgan fingerprint density at radius 2 is 1.83 bits per heavy atom. The van der Waals surface area contributed by atoms with Crippen molar-refractivity contribution in [1.82, 2.24) is 4.90 Å². The fraction of sp³-hybridized carbons (Fsp3) is 0.917. The standard InChI is InChI=1S/C12H21F3N2O/c1-17(8-12(13,14)15)11(18)7-4-9-2-5-10(16)6-3-9/h9-10H,2-8,16H2,1H3. The summed E-state index contributed by atoms with van der Waals surface area (Å²) in [4.78, 5) is 12.3. The molecule has 18 heavy (non-hydrogen) atoms. The molecule has 106 valence electrons. The summed E-state index contributed by atoms with van der Waals surface area (Å²) in [6, 6.07) is 0.254. The largest absolute Gasteiger partial charge is 0.406 e. The highest BCUT2D eigenvalue weighted by molar-refractivity contribution is 5.75. The molecule has 0 radical (unpaired) electrons. The van der Waals surface area contributed by atoms with E-state index in [4.69, 9.17) is 5.73 Å². The summed E-state index contributed by atoms with van der Waals surface area (Å²) in [6.07, 6.45) is 0.436. The zero-order valence-corrected chi connectivity index (χ0v) is 10.7. The molecule has 0 atom stereocenters. The van der Waals surface area contributed by atoms with Crippen molar-refractivity contribution in [2.45, 2.75) is 50.7 Å². The van der Waals surface area contributed by atoms with Gasteiger partial charge in [-0.15, -0.1) is 0 Å².